The molecule has 1 aliphatic rings. The molecular weight excluding hydrogens is 264 g/mol. The van der Waals surface area contributed by atoms with Crippen LogP contribution in [0.2, 0.25) is 0 Å². The molecule has 0 saturated heterocycles. The molecule has 1 rings (SSSR count). The summed E-state index contributed by atoms with van der Waals surface area (Å²) in [6, 6.07) is 1.07. The van der Waals surface area contributed by atoms with Gasteiger partial charge in [0.15, 0.2) is 0 Å². The fourth-order valence-electron chi connectivity index (χ4n) is 3.78. The van der Waals surface area contributed by atoms with Gasteiger partial charge in [0.25, 0.3) is 0 Å². The van der Waals surface area contributed by atoms with E-state index >= 15 is 0 Å². The highest BCUT2D eigenvalue weighted by Gasteiger charge is 2.37. The minimum absolute atomic E-state index is 0.124. The van der Waals surface area contributed by atoms with Crippen molar-refractivity contribution in [1.82, 2.24) is 10.2 Å². The maximum Gasteiger partial charge on any atom is 0.326 e. The molecule has 0 heterocycles. The molecule has 0 bridgehead atoms. The first kappa shape index (κ1) is 18.4. The molecule has 0 aliphatic heterocycles. The van der Waals surface area contributed by atoms with Crippen molar-refractivity contribution in [3.8, 4) is 0 Å². The highest BCUT2D eigenvalue weighted by molar-refractivity contribution is 5.80. The zero-order chi connectivity index (χ0) is 15.9. The summed E-state index contributed by atoms with van der Waals surface area (Å²) in [4.78, 5) is 14.9. The molecular formula is C17H34N2O2. The fraction of sp³-hybridized carbons (Fsp3) is 0.941. The van der Waals surface area contributed by atoms with Crippen molar-refractivity contribution in [3.63, 3.8) is 0 Å². The largest absolute Gasteiger partial charge is 0.465 e. The third-order valence-electron chi connectivity index (χ3n) is 4.72. The normalized spacial score (nSPS) is 20.5. The number of esters is 1. The van der Waals surface area contributed by atoms with Crippen LogP contribution in [-0.4, -0.2) is 48.2 Å². The summed E-state index contributed by atoms with van der Waals surface area (Å²) in [5, 5.41) is 3.34. The van der Waals surface area contributed by atoms with Gasteiger partial charge < -0.3 is 10.1 Å². The highest BCUT2D eigenvalue weighted by Crippen LogP contribution is 2.27. The molecule has 0 aromatic rings. The third kappa shape index (κ3) is 4.96. The molecule has 1 N–H and O–H groups in total. The molecule has 0 spiro atoms. The standard InChI is InChI=1S/C17H34N2O2/c1-6-18-17(5,16(20)21-8-3)13-14(4)19(7-2)15-11-9-10-12-15/h14-15,18H,6-13H2,1-5H3. The average molecular weight is 298 g/mol. The Labute approximate surface area is 130 Å². The van der Waals surface area contributed by atoms with Crippen LogP contribution in [0.1, 0.15) is 66.7 Å². The van der Waals surface area contributed by atoms with Gasteiger partial charge in [-0.3, -0.25) is 9.69 Å². The maximum absolute atomic E-state index is 12.3. The topological polar surface area (TPSA) is 41.6 Å². The van der Waals surface area contributed by atoms with Crippen LogP contribution in [0.5, 0.6) is 0 Å². The minimum atomic E-state index is -0.587. The van der Waals surface area contributed by atoms with Crippen molar-refractivity contribution in [1.29, 1.82) is 0 Å². The van der Waals surface area contributed by atoms with E-state index in [1.165, 1.54) is 25.7 Å². The van der Waals surface area contributed by atoms with Crippen molar-refractivity contribution in [2.75, 3.05) is 19.7 Å². The van der Waals surface area contributed by atoms with Crippen LogP contribution in [0.3, 0.4) is 0 Å². The summed E-state index contributed by atoms with van der Waals surface area (Å²) < 4.78 is 5.28. The number of hydrogen-bond acceptors (Lipinski definition) is 4. The molecule has 0 amide bonds. The quantitative estimate of drug-likeness (QED) is 0.665. The van der Waals surface area contributed by atoms with Gasteiger partial charge in [-0.15, -0.1) is 0 Å². The van der Waals surface area contributed by atoms with Gasteiger partial charge in [-0.1, -0.05) is 26.7 Å². The lowest BCUT2D eigenvalue weighted by Gasteiger charge is -2.38. The Bertz CT molecular complexity index is 316. The van der Waals surface area contributed by atoms with E-state index < -0.39 is 5.54 Å². The monoisotopic (exact) mass is 298 g/mol. The number of likely N-dealkylation sites (N-methyl/N-ethyl adjacent to an activating group) is 1. The lowest BCUT2D eigenvalue weighted by Crippen LogP contribution is -2.55. The fourth-order valence-corrected chi connectivity index (χ4v) is 3.78. The molecule has 1 fully saturated rings. The maximum atomic E-state index is 12.3. The van der Waals surface area contributed by atoms with Crippen molar-refractivity contribution in [3.05, 3.63) is 0 Å². The zero-order valence-electron chi connectivity index (χ0n) is 14.6. The summed E-state index contributed by atoms with van der Waals surface area (Å²) >= 11 is 0. The Hall–Kier alpha value is -0.610. The van der Waals surface area contributed by atoms with E-state index in [-0.39, 0.29) is 5.97 Å². The lowest BCUT2D eigenvalue weighted by atomic mass is 9.92. The number of nitrogens with one attached hydrogen (secondary N) is 1. The second-order valence-corrected chi connectivity index (χ2v) is 6.40. The molecule has 2 unspecified atom stereocenters. The van der Waals surface area contributed by atoms with Crippen LogP contribution in [-0.2, 0) is 9.53 Å². The Morgan fingerprint density at radius 3 is 2.43 bits per heavy atom. The molecule has 0 aromatic carbocycles. The number of carbonyl (C=O) groups excluding carboxylic acids is 1. The summed E-state index contributed by atoms with van der Waals surface area (Å²) in [7, 11) is 0. The van der Waals surface area contributed by atoms with Crippen LogP contribution in [0.25, 0.3) is 0 Å². The second kappa shape index (κ2) is 8.74. The van der Waals surface area contributed by atoms with Gasteiger partial charge in [0.05, 0.1) is 6.61 Å². The van der Waals surface area contributed by atoms with Crippen molar-refractivity contribution in [2.24, 2.45) is 0 Å². The second-order valence-electron chi connectivity index (χ2n) is 6.40. The predicted molar refractivity (Wildman–Crippen MR) is 87.4 cm³/mol. The van der Waals surface area contributed by atoms with Crippen LogP contribution in [0.15, 0.2) is 0 Å². The molecule has 21 heavy (non-hydrogen) atoms. The van der Waals surface area contributed by atoms with E-state index in [0.717, 1.165) is 19.5 Å². The van der Waals surface area contributed by atoms with E-state index in [0.29, 0.717) is 18.7 Å². The van der Waals surface area contributed by atoms with E-state index in [4.69, 9.17) is 4.74 Å². The van der Waals surface area contributed by atoms with E-state index in [1.54, 1.807) is 0 Å². The molecule has 2 atom stereocenters. The van der Waals surface area contributed by atoms with Crippen molar-refractivity contribution < 1.29 is 9.53 Å². The summed E-state index contributed by atoms with van der Waals surface area (Å²) in [5.41, 5.74) is -0.587. The number of ether oxygens (including phenoxy) is 1. The number of carbonyl (C=O) groups is 1. The van der Waals surface area contributed by atoms with E-state index in [2.05, 4.69) is 24.1 Å². The minimum Gasteiger partial charge on any atom is -0.465 e. The number of hydrogen-bond donors (Lipinski definition) is 1. The van der Waals surface area contributed by atoms with Crippen molar-refractivity contribution >= 4 is 5.97 Å². The van der Waals surface area contributed by atoms with Gasteiger partial charge >= 0.3 is 5.97 Å². The Kier molecular flexibility index (Phi) is 7.67. The Balaban J connectivity index is 2.73. The van der Waals surface area contributed by atoms with Gasteiger partial charge in [0.2, 0.25) is 0 Å². The van der Waals surface area contributed by atoms with Crippen LogP contribution >= 0.6 is 0 Å². The number of nitrogens with zero attached hydrogens (tertiary/aromatic N) is 1. The first-order valence-electron chi connectivity index (χ1n) is 8.66. The third-order valence-corrected chi connectivity index (χ3v) is 4.72. The van der Waals surface area contributed by atoms with Crippen LogP contribution < -0.4 is 5.32 Å². The van der Waals surface area contributed by atoms with E-state index in [1.807, 2.05) is 20.8 Å². The Morgan fingerprint density at radius 2 is 1.95 bits per heavy atom. The highest BCUT2D eigenvalue weighted by atomic mass is 16.5. The first-order valence-corrected chi connectivity index (χ1v) is 8.66. The molecule has 4 heteroatoms. The van der Waals surface area contributed by atoms with Gasteiger partial charge in [0.1, 0.15) is 5.54 Å². The van der Waals surface area contributed by atoms with Gasteiger partial charge in [-0.25, -0.2) is 0 Å². The summed E-state index contributed by atoms with van der Waals surface area (Å²) in [6.45, 7) is 12.6. The van der Waals surface area contributed by atoms with Gasteiger partial charge in [0, 0.05) is 12.1 Å². The molecule has 0 aromatic heterocycles. The predicted octanol–water partition coefficient (Wildman–Crippen LogP) is 2.96. The summed E-state index contributed by atoms with van der Waals surface area (Å²) in [5.74, 6) is -0.124. The SMILES string of the molecule is CCNC(C)(CC(C)N(CC)C1CCCC1)C(=O)OCC. The average Bonchev–Trinajstić information content (AvgIpc) is 2.94. The molecule has 1 saturated carbocycles. The van der Waals surface area contributed by atoms with Gasteiger partial charge in [-0.05, 0) is 53.1 Å². The Morgan fingerprint density at radius 1 is 1.33 bits per heavy atom. The number of rotatable bonds is 9. The smallest absolute Gasteiger partial charge is 0.326 e. The van der Waals surface area contributed by atoms with Crippen LogP contribution in [0.4, 0.5) is 0 Å². The molecule has 4 nitrogen and oxygen atoms in total. The lowest BCUT2D eigenvalue weighted by molar-refractivity contribution is -0.151. The summed E-state index contributed by atoms with van der Waals surface area (Å²) in [6.07, 6.45) is 6.08. The molecule has 1 aliphatic carbocycles. The first-order chi connectivity index (χ1) is 9.98. The zero-order valence-corrected chi connectivity index (χ0v) is 14.6. The van der Waals surface area contributed by atoms with Gasteiger partial charge in [-0.2, -0.15) is 0 Å². The van der Waals surface area contributed by atoms with Crippen LogP contribution in [0, 0.1) is 0 Å². The van der Waals surface area contributed by atoms with E-state index in [9.17, 15) is 4.79 Å². The molecule has 0 radical (unpaired) electrons. The molecule has 124 valence electrons. The van der Waals surface area contributed by atoms with Crippen molar-refractivity contribution in [2.45, 2.75) is 84.3 Å².